The topological polar surface area (TPSA) is 151 Å². The summed E-state index contributed by atoms with van der Waals surface area (Å²) < 4.78 is 0. The van der Waals surface area contributed by atoms with Gasteiger partial charge in [0.25, 0.3) is 0 Å². The van der Waals surface area contributed by atoms with Crippen LogP contribution in [0.25, 0.3) is 0 Å². The number of aliphatic hydroxyl groups is 3. The summed E-state index contributed by atoms with van der Waals surface area (Å²) in [5.41, 5.74) is 0. The molecule has 3 unspecified atom stereocenters. The van der Waals surface area contributed by atoms with E-state index < -0.39 is 18.3 Å². The molecule has 0 spiro atoms. The van der Waals surface area contributed by atoms with Crippen LogP contribution in [0.2, 0.25) is 0 Å². The van der Waals surface area contributed by atoms with E-state index in [1.54, 1.807) is 0 Å². The van der Waals surface area contributed by atoms with Gasteiger partial charge >= 0.3 is 0 Å². The fraction of sp³-hybridized carbons (Fsp3) is 0.929. The van der Waals surface area contributed by atoms with Crippen molar-refractivity contribution >= 4 is 17.7 Å². The van der Waals surface area contributed by atoms with Gasteiger partial charge in [-0.3, -0.25) is 19.3 Å². The summed E-state index contributed by atoms with van der Waals surface area (Å²) in [4.78, 5) is 39.6. The molecule has 0 radical (unpaired) electrons. The van der Waals surface area contributed by atoms with Crippen molar-refractivity contribution in [3.63, 3.8) is 0 Å². The number of hydrogen-bond donors (Lipinski definition) is 6. The third-order valence-electron chi connectivity index (χ3n) is 10.1. The van der Waals surface area contributed by atoms with E-state index in [1.807, 2.05) is 4.90 Å². The molecule has 0 aliphatic rings. The smallest absolute Gasteiger partial charge is 0.248 e. The Morgan fingerprint density at radius 1 is 0.385 bits per heavy atom. The standard InChI is InChI=1S/C42H84N4O6/c1-4-7-10-13-16-19-22-25-28-37(47)40(50)43-31-34-46(35-32-44-41(51)38(48)29-26-23-20-17-14-11-8-5-2)36-33-45-42(52)39(49)30-27-24-21-18-15-12-9-6-3/h37-39,47-49H,4-36H2,1-3H3,(H,43,50)(H,44,51)(H,45,52). The zero-order chi connectivity index (χ0) is 38.5. The van der Waals surface area contributed by atoms with Crippen LogP contribution < -0.4 is 16.0 Å². The number of aliphatic hydroxyl groups excluding tert-OH is 3. The number of nitrogens with one attached hydrogen (secondary N) is 3. The van der Waals surface area contributed by atoms with Crippen LogP contribution in [-0.4, -0.2) is 95.5 Å². The molecule has 0 aliphatic heterocycles. The van der Waals surface area contributed by atoms with Crippen molar-refractivity contribution in [3.8, 4) is 0 Å². The molecule has 3 atom stereocenters. The van der Waals surface area contributed by atoms with Crippen LogP contribution in [0.3, 0.4) is 0 Å². The lowest BCUT2D eigenvalue weighted by Crippen LogP contribution is -2.46. The highest BCUT2D eigenvalue weighted by Crippen LogP contribution is 2.13. The molecule has 0 aromatic rings. The molecular weight excluding hydrogens is 656 g/mol. The number of unbranched alkanes of at least 4 members (excludes halogenated alkanes) is 21. The van der Waals surface area contributed by atoms with E-state index in [0.29, 0.717) is 58.5 Å². The van der Waals surface area contributed by atoms with E-state index in [-0.39, 0.29) is 17.7 Å². The fourth-order valence-electron chi connectivity index (χ4n) is 6.51. The zero-order valence-electron chi connectivity index (χ0n) is 34.1. The molecule has 52 heavy (non-hydrogen) atoms. The largest absolute Gasteiger partial charge is 0.383 e. The van der Waals surface area contributed by atoms with Gasteiger partial charge in [-0.15, -0.1) is 0 Å². The molecule has 3 amide bonds. The highest BCUT2D eigenvalue weighted by atomic mass is 16.3. The Morgan fingerprint density at radius 2 is 0.596 bits per heavy atom. The van der Waals surface area contributed by atoms with Gasteiger partial charge in [0.15, 0.2) is 0 Å². The van der Waals surface area contributed by atoms with E-state index in [2.05, 4.69) is 36.7 Å². The predicted molar refractivity (Wildman–Crippen MR) is 215 cm³/mol. The first-order valence-electron chi connectivity index (χ1n) is 21.9. The normalized spacial score (nSPS) is 13.2. The van der Waals surface area contributed by atoms with E-state index in [1.165, 1.54) is 96.3 Å². The first-order valence-corrected chi connectivity index (χ1v) is 21.9. The molecular formula is C42H84N4O6. The molecule has 0 heterocycles. The lowest BCUT2D eigenvalue weighted by atomic mass is 10.1. The third-order valence-corrected chi connectivity index (χ3v) is 10.1. The highest BCUT2D eigenvalue weighted by molar-refractivity contribution is 5.81. The highest BCUT2D eigenvalue weighted by Gasteiger charge is 2.18. The van der Waals surface area contributed by atoms with Gasteiger partial charge in [0, 0.05) is 39.3 Å². The number of carbonyl (C=O) groups is 3. The van der Waals surface area contributed by atoms with Crippen LogP contribution in [0.4, 0.5) is 0 Å². The molecule has 0 aromatic carbocycles. The lowest BCUT2D eigenvalue weighted by Gasteiger charge is -2.24. The molecule has 0 rings (SSSR count). The molecule has 0 saturated heterocycles. The minimum absolute atomic E-state index is 0.317. The van der Waals surface area contributed by atoms with Crippen LogP contribution in [0.5, 0.6) is 0 Å². The second-order valence-electron chi connectivity index (χ2n) is 15.1. The van der Waals surface area contributed by atoms with Gasteiger partial charge < -0.3 is 31.3 Å². The van der Waals surface area contributed by atoms with Crippen LogP contribution in [0, 0.1) is 0 Å². The van der Waals surface area contributed by atoms with Gasteiger partial charge in [-0.2, -0.15) is 0 Å². The van der Waals surface area contributed by atoms with Crippen molar-refractivity contribution in [2.75, 3.05) is 39.3 Å². The maximum atomic E-state index is 12.5. The Kier molecular flexibility index (Phi) is 36.3. The van der Waals surface area contributed by atoms with Crippen molar-refractivity contribution in [1.82, 2.24) is 20.9 Å². The van der Waals surface area contributed by atoms with Crippen molar-refractivity contribution in [3.05, 3.63) is 0 Å². The quantitative estimate of drug-likeness (QED) is 0.0362. The number of carbonyl (C=O) groups excluding carboxylic acids is 3. The number of nitrogens with zero attached hydrogens (tertiary/aromatic N) is 1. The van der Waals surface area contributed by atoms with Gasteiger partial charge in [-0.1, -0.05) is 175 Å². The van der Waals surface area contributed by atoms with Crippen molar-refractivity contribution in [2.45, 2.75) is 212 Å². The maximum Gasteiger partial charge on any atom is 0.248 e. The monoisotopic (exact) mass is 741 g/mol. The molecule has 6 N–H and O–H groups in total. The summed E-state index contributed by atoms with van der Waals surface area (Å²) in [5, 5.41) is 39.6. The molecule has 0 saturated carbocycles. The summed E-state index contributed by atoms with van der Waals surface area (Å²) in [5.74, 6) is -1.13. The minimum atomic E-state index is -1.03. The Bertz CT molecular complexity index is 728. The Morgan fingerprint density at radius 3 is 0.827 bits per heavy atom. The molecule has 10 heteroatoms. The minimum Gasteiger partial charge on any atom is -0.383 e. The Hall–Kier alpha value is -1.75. The van der Waals surface area contributed by atoms with Crippen LogP contribution in [0.1, 0.15) is 194 Å². The van der Waals surface area contributed by atoms with Gasteiger partial charge in [-0.05, 0) is 19.3 Å². The molecule has 0 aromatic heterocycles. The Labute approximate surface area is 319 Å². The third kappa shape index (κ3) is 31.7. The molecule has 308 valence electrons. The first kappa shape index (κ1) is 50.2. The van der Waals surface area contributed by atoms with Crippen LogP contribution in [-0.2, 0) is 14.4 Å². The first-order chi connectivity index (χ1) is 25.3. The van der Waals surface area contributed by atoms with E-state index in [0.717, 1.165) is 57.8 Å². The van der Waals surface area contributed by atoms with E-state index >= 15 is 0 Å². The maximum absolute atomic E-state index is 12.5. The van der Waals surface area contributed by atoms with Gasteiger partial charge in [0.2, 0.25) is 17.7 Å². The summed E-state index contributed by atoms with van der Waals surface area (Å²) in [6.07, 6.45) is 25.9. The van der Waals surface area contributed by atoms with Gasteiger partial charge in [0.05, 0.1) is 0 Å². The molecule has 10 nitrogen and oxygen atoms in total. The predicted octanol–water partition coefficient (Wildman–Crippen LogP) is 7.31. The summed E-state index contributed by atoms with van der Waals surface area (Å²) in [6.45, 7) is 8.97. The van der Waals surface area contributed by atoms with E-state index in [4.69, 9.17) is 0 Å². The number of rotatable bonds is 39. The van der Waals surface area contributed by atoms with E-state index in [9.17, 15) is 29.7 Å². The van der Waals surface area contributed by atoms with Crippen molar-refractivity contribution in [1.29, 1.82) is 0 Å². The van der Waals surface area contributed by atoms with Crippen LogP contribution >= 0.6 is 0 Å². The summed E-state index contributed by atoms with van der Waals surface area (Å²) in [6, 6.07) is 0. The van der Waals surface area contributed by atoms with Crippen LogP contribution in [0.15, 0.2) is 0 Å². The van der Waals surface area contributed by atoms with Crippen molar-refractivity contribution < 1.29 is 29.7 Å². The van der Waals surface area contributed by atoms with Gasteiger partial charge in [0.1, 0.15) is 18.3 Å². The average molecular weight is 741 g/mol. The average Bonchev–Trinajstić information content (AvgIpc) is 3.14. The zero-order valence-corrected chi connectivity index (χ0v) is 34.1. The lowest BCUT2D eigenvalue weighted by molar-refractivity contribution is -0.130. The summed E-state index contributed by atoms with van der Waals surface area (Å²) in [7, 11) is 0. The summed E-state index contributed by atoms with van der Waals surface area (Å²) >= 11 is 0. The van der Waals surface area contributed by atoms with Gasteiger partial charge in [-0.25, -0.2) is 0 Å². The fourth-order valence-corrected chi connectivity index (χ4v) is 6.51. The van der Waals surface area contributed by atoms with Crippen molar-refractivity contribution in [2.24, 2.45) is 0 Å². The second-order valence-corrected chi connectivity index (χ2v) is 15.1. The molecule has 0 fully saturated rings. The molecule has 0 aliphatic carbocycles. The second kappa shape index (κ2) is 37.6. The number of amides is 3. The SMILES string of the molecule is CCCCCCCCCCC(O)C(=O)NCCN(CCNC(=O)C(O)CCCCCCCCCC)CCNC(=O)C(O)CCCCCCCCCC. The Balaban J connectivity index is 4.62. The number of hydrogen-bond acceptors (Lipinski definition) is 7. The molecule has 0 bridgehead atoms.